The Balaban J connectivity index is 1.57. The van der Waals surface area contributed by atoms with E-state index in [0.29, 0.717) is 0 Å². The van der Waals surface area contributed by atoms with Crippen LogP contribution in [0.4, 0.5) is 0 Å². The quantitative estimate of drug-likeness (QED) is 0.846. The first-order chi connectivity index (χ1) is 9.61. The summed E-state index contributed by atoms with van der Waals surface area (Å²) in [5.41, 5.74) is 0. The Morgan fingerprint density at radius 1 is 1.15 bits per heavy atom. The average Bonchev–Trinajstić information content (AvgIpc) is 2.94. The van der Waals surface area contributed by atoms with Crippen LogP contribution in [0.1, 0.15) is 59.3 Å². The Morgan fingerprint density at radius 3 is 2.65 bits per heavy atom. The lowest BCUT2D eigenvalue weighted by atomic mass is 9.88. The van der Waals surface area contributed by atoms with Crippen molar-refractivity contribution in [3.05, 3.63) is 0 Å². The van der Waals surface area contributed by atoms with Crippen molar-refractivity contribution < 1.29 is 0 Å². The van der Waals surface area contributed by atoms with E-state index >= 15 is 0 Å². The van der Waals surface area contributed by atoms with Crippen LogP contribution in [0, 0.1) is 23.7 Å². The highest BCUT2D eigenvalue weighted by Crippen LogP contribution is 2.48. The zero-order valence-corrected chi connectivity index (χ0v) is 13.8. The smallest absolute Gasteiger partial charge is 0.0197 e. The second-order valence-electron chi connectivity index (χ2n) is 8.31. The number of hydrogen-bond donors (Lipinski definition) is 1. The molecule has 2 saturated carbocycles. The Labute approximate surface area is 125 Å². The predicted octanol–water partition coefficient (Wildman–Crippen LogP) is 3.52. The molecule has 2 heteroatoms. The van der Waals surface area contributed by atoms with Gasteiger partial charge in [-0.1, -0.05) is 20.3 Å². The molecule has 1 N–H and O–H groups in total. The molecule has 1 aliphatic heterocycles. The molecule has 5 atom stereocenters. The summed E-state index contributed by atoms with van der Waals surface area (Å²) < 4.78 is 0. The molecule has 5 unspecified atom stereocenters. The van der Waals surface area contributed by atoms with Crippen molar-refractivity contribution in [1.82, 2.24) is 10.2 Å². The molecule has 116 valence electrons. The van der Waals surface area contributed by atoms with Crippen LogP contribution in [0.25, 0.3) is 0 Å². The number of nitrogens with one attached hydrogen (secondary N) is 1. The lowest BCUT2D eigenvalue weighted by Crippen LogP contribution is -2.43. The van der Waals surface area contributed by atoms with Gasteiger partial charge in [0.1, 0.15) is 0 Å². The fraction of sp³-hybridized carbons (Fsp3) is 1.00. The molecule has 3 rings (SSSR count). The molecule has 2 bridgehead atoms. The Hall–Kier alpha value is -0.0800. The Kier molecular flexibility index (Phi) is 4.72. The van der Waals surface area contributed by atoms with Gasteiger partial charge >= 0.3 is 0 Å². The normalized spacial score (nSPS) is 42.3. The van der Waals surface area contributed by atoms with Gasteiger partial charge in [0.25, 0.3) is 0 Å². The summed E-state index contributed by atoms with van der Waals surface area (Å²) in [4.78, 5) is 2.83. The molecule has 1 heterocycles. The van der Waals surface area contributed by atoms with Gasteiger partial charge in [-0.25, -0.2) is 0 Å². The maximum absolute atomic E-state index is 3.79. The van der Waals surface area contributed by atoms with Crippen LogP contribution in [0.2, 0.25) is 0 Å². The highest BCUT2D eigenvalue weighted by Gasteiger charge is 2.40. The highest BCUT2D eigenvalue weighted by molar-refractivity contribution is 4.93. The number of hydrogen-bond acceptors (Lipinski definition) is 2. The first kappa shape index (κ1) is 14.8. The molecule has 1 saturated heterocycles. The monoisotopic (exact) mass is 278 g/mol. The fourth-order valence-electron chi connectivity index (χ4n) is 5.09. The van der Waals surface area contributed by atoms with Gasteiger partial charge in [0.05, 0.1) is 0 Å². The van der Waals surface area contributed by atoms with Gasteiger partial charge in [-0.15, -0.1) is 0 Å². The fourth-order valence-corrected chi connectivity index (χ4v) is 5.09. The van der Waals surface area contributed by atoms with Crippen molar-refractivity contribution >= 4 is 0 Å². The molecular formula is C18H34N2. The molecule has 0 aromatic rings. The van der Waals surface area contributed by atoms with E-state index in [9.17, 15) is 0 Å². The van der Waals surface area contributed by atoms with E-state index < -0.39 is 0 Å². The van der Waals surface area contributed by atoms with Crippen molar-refractivity contribution in [3.8, 4) is 0 Å². The van der Waals surface area contributed by atoms with E-state index in [1.807, 2.05) is 0 Å². The van der Waals surface area contributed by atoms with Crippen LogP contribution < -0.4 is 5.32 Å². The Morgan fingerprint density at radius 2 is 2.00 bits per heavy atom. The number of rotatable bonds is 4. The van der Waals surface area contributed by atoms with Crippen LogP contribution in [0.3, 0.4) is 0 Å². The summed E-state index contributed by atoms with van der Waals surface area (Å²) in [6, 6.07) is 1.50. The number of nitrogens with zero attached hydrogens (tertiary/aromatic N) is 1. The lowest BCUT2D eigenvalue weighted by molar-refractivity contribution is 0.143. The molecule has 0 aromatic heterocycles. The topological polar surface area (TPSA) is 15.3 Å². The predicted molar refractivity (Wildman–Crippen MR) is 85.8 cm³/mol. The van der Waals surface area contributed by atoms with Crippen molar-refractivity contribution in [2.45, 2.75) is 71.4 Å². The first-order valence-electron chi connectivity index (χ1n) is 9.09. The molecule has 0 aromatic carbocycles. The summed E-state index contributed by atoms with van der Waals surface area (Å²) in [5, 5.41) is 3.79. The summed E-state index contributed by atoms with van der Waals surface area (Å²) >= 11 is 0. The van der Waals surface area contributed by atoms with Crippen molar-refractivity contribution in [2.75, 3.05) is 19.6 Å². The van der Waals surface area contributed by atoms with E-state index in [2.05, 4.69) is 31.0 Å². The summed E-state index contributed by atoms with van der Waals surface area (Å²) in [5.74, 6) is 4.00. The largest absolute Gasteiger partial charge is 0.313 e. The minimum absolute atomic E-state index is 0.721. The standard InChI is InChI=1S/C18H34N2/c1-13(2)8-18-12-20(14(3)6-7-19-18)11-17-10-15-4-5-16(17)9-15/h13-19H,4-12H2,1-3H3. The third-order valence-electron chi connectivity index (χ3n) is 6.18. The number of fused-ring (bicyclic) bond motifs is 2. The zero-order chi connectivity index (χ0) is 14.1. The third kappa shape index (κ3) is 3.39. The molecule has 2 nitrogen and oxygen atoms in total. The van der Waals surface area contributed by atoms with Gasteiger partial charge in [-0.2, -0.15) is 0 Å². The van der Waals surface area contributed by atoms with Crippen LogP contribution in [-0.2, 0) is 0 Å². The molecule has 0 amide bonds. The van der Waals surface area contributed by atoms with E-state index in [-0.39, 0.29) is 0 Å². The molecule has 0 radical (unpaired) electrons. The SMILES string of the molecule is CC(C)CC1CN(CC2CC3CCC2C3)C(C)CCN1. The van der Waals surface area contributed by atoms with E-state index in [1.165, 1.54) is 51.7 Å². The van der Waals surface area contributed by atoms with Crippen LogP contribution in [0.5, 0.6) is 0 Å². The molecule has 3 fully saturated rings. The van der Waals surface area contributed by atoms with Gasteiger partial charge < -0.3 is 5.32 Å². The zero-order valence-electron chi connectivity index (χ0n) is 13.8. The molecule has 3 aliphatic rings. The molecular weight excluding hydrogens is 244 g/mol. The second kappa shape index (κ2) is 6.36. The minimum Gasteiger partial charge on any atom is -0.313 e. The van der Waals surface area contributed by atoms with Crippen molar-refractivity contribution in [1.29, 1.82) is 0 Å². The molecule has 0 spiro atoms. The third-order valence-corrected chi connectivity index (χ3v) is 6.18. The van der Waals surface area contributed by atoms with Gasteiger partial charge in [0.2, 0.25) is 0 Å². The highest BCUT2D eigenvalue weighted by atomic mass is 15.2. The maximum atomic E-state index is 3.79. The van der Waals surface area contributed by atoms with E-state index in [4.69, 9.17) is 0 Å². The van der Waals surface area contributed by atoms with Crippen LogP contribution in [-0.4, -0.2) is 36.6 Å². The van der Waals surface area contributed by atoms with Crippen molar-refractivity contribution in [3.63, 3.8) is 0 Å². The van der Waals surface area contributed by atoms with Crippen molar-refractivity contribution in [2.24, 2.45) is 23.7 Å². The Bertz CT molecular complexity index is 315. The summed E-state index contributed by atoms with van der Waals surface area (Å²) in [6.45, 7) is 11.1. The van der Waals surface area contributed by atoms with Crippen LogP contribution in [0.15, 0.2) is 0 Å². The summed E-state index contributed by atoms with van der Waals surface area (Å²) in [6.07, 6.45) is 8.82. The van der Waals surface area contributed by atoms with Gasteiger partial charge in [0, 0.05) is 25.2 Å². The maximum Gasteiger partial charge on any atom is 0.0197 e. The average molecular weight is 278 g/mol. The van der Waals surface area contributed by atoms with Gasteiger partial charge in [-0.05, 0) is 69.2 Å². The lowest BCUT2D eigenvalue weighted by Gasteiger charge is -2.34. The summed E-state index contributed by atoms with van der Waals surface area (Å²) in [7, 11) is 0. The molecule has 2 aliphatic carbocycles. The van der Waals surface area contributed by atoms with Gasteiger partial charge in [-0.3, -0.25) is 4.90 Å². The first-order valence-corrected chi connectivity index (χ1v) is 9.09. The van der Waals surface area contributed by atoms with Crippen LogP contribution >= 0.6 is 0 Å². The second-order valence-corrected chi connectivity index (χ2v) is 8.31. The van der Waals surface area contributed by atoms with E-state index in [1.54, 1.807) is 6.42 Å². The van der Waals surface area contributed by atoms with Gasteiger partial charge in [0.15, 0.2) is 0 Å². The van der Waals surface area contributed by atoms with E-state index in [0.717, 1.165) is 35.8 Å². The minimum atomic E-state index is 0.721. The molecule has 20 heavy (non-hydrogen) atoms.